The van der Waals surface area contributed by atoms with Crippen LogP contribution in [0.5, 0.6) is 0 Å². The molecule has 1 atom stereocenters. The molecule has 0 bridgehead atoms. The van der Waals surface area contributed by atoms with Crippen molar-refractivity contribution in [2.24, 2.45) is 5.41 Å². The minimum absolute atomic E-state index is 0.208. The van der Waals surface area contributed by atoms with Crippen molar-refractivity contribution in [2.75, 3.05) is 19.6 Å². The maximum atomic E-state index is 12.5. The number of halogens is 2. The zero-order valence-corrected chi connectivity index (χ0v) is 14.9. The molecule has 124 valence electrons. The van der Waals surface area contributed by atoms with Gasteiger partial charge in [-0.3, -0.25) is 4.79 Å². The molecule has 6 heteroatoms. The molecule has 1 aliphatic heterocycles. The normalized spacial score (nSPS) is 21.5. The average Bonchev–Trinajstić information content (AvgIpc) is 2.55. The van der Waals surface area contributed by atoms with E-state index >= 15 is 0 Å². The minimum atomic E-state index is -0.966. The first-order chi connectivity index (χ1) is 10.8. The van der Waals surface area contributed by atoms with Crippen molar-refractivity contribution < 1.29 is 4.79 Å². The molecule has 4 nitrogen and oxygen atoms in total. The number of amides is 1. The van der Waals surface area contributed by atoms with Crippen molar-refractivity contribution in [3.05, 3.63) is 33.8 Å². The van der Waals surface area contributed by atoms with Crippen LogP contribution in [-0.4, -0.2) is 25.5 Å². The number of nitriles is 1. The Labute approximate surface area is 147 Å². The summed E-state index contributed by atoms with van der Waals surface area (Å²) in [6.45, 7) is 5.72. The molecule has 1 aromatic rings. The first-order valence-corrected chi connectivity index (χ1v) is 8.42. The fourth-order valence-corrected chi connectivity index (χ4v) is 3.03. The van der Waals surface area contributed by atoms with Crippen LogP contribution >= 0.6 is 23.2 Å². The van der Waals surface area contributed by atoms with E-state index in [1.54, 1.807) is 6.07 Å². The Bertz CT molecular complexity index is 631. The molecule has 2 rings (SSSR count). The second-order valence-electron chi connectivity index (χ2n) is 6.67. The van der Waals surface area contributed by atoms with E-state index in [9.17, 15) is 10.1 Å². The summed E-state index contributed by atoms with van der Waals surface area (Å²) in [6.07, 6.45) is 1.42. The molecule has 1 saturated heterocycles. The standard InChI is InChI=1S/C17H21Cl2N3O/c1-16(2,12-4-5-13(18)14(19)8-12)10-22-15(23)17(9-20)6-3-7-21-11-17/h4-5,8,21H,3,6-7,10-11H2,1-2H3,(H,22,23). The predicted molar refractivity (Wildman–Crippen MR) is 92.6 cm³/mol. The molecule has 1 unspecified atom stereocenters. The summed E-state index contributed by atoms with van der Waals surface area (Å²) in [5.41, 5.74) is -0.297. The van der Waals surface area contributed by atoms with Crippen LogP contribution in [0.1, 0.15) is 32.3 Å². The molecule has 1 amide bonds. The van der Waals surface area contributed by atoms with Gasteiger partial charge in [0.15, 0.2) is 0 Å². The lowest BCUT2D eigenvalue weighted by Gasteiger charge is -2.32. The lowest BCUT2D eigenvalue weighted by Crippen LogP contribution is -2.51. The molecular formula is C17H21Cl2N3O. The van der Waals surface area contributed by atoms with Crippen molar-refractivity contribution >= 4 is 29.1 Å². The Kier molecular flexibility index (Phi) is 5.57. The lowest BCUT2D eigenvalue weighted by atomic mass is 9.80. The Hall–Kier alpha value is -1.28. The van der Waals surface area contributed by atoms with Crippen molar-refractivity contribution in [3.8, 4) is 6.07 Å². The van der Waals surface area contributed by atoms with E-state index in [1.807, 2.05) is 26.0 Å². The van der Waals surface area contributed by atoms with Crippen LogP contribution in [0.25, 0.3) is 0 Å². The molecular weight excluding hydrogens is 333 g/mol. The molecule has 0 radical (unpaired) electrons. The third-order valence-electron chi connectivity index (χ3n) is 4.42. The number of rotatable bonds is 4. The summed E-state index contributed by atoms with van der Waals surface area (Å²) in [6, 6.07) is 7.67. The number of piperidine rings is 1. The third-order valence-corrected chi connectivity index (χ3v) is 5.16. The monoisotopic (exact) mass is 353 g/mol. The average molecular weight is 354 g/mol. The summed E-state index contributed by atoms with van der Waals surface area (Å²) in [5.74, 6) is -0.208. The summed E-state index contributed by atoms with van der Waals surface area (Å²) in [4.78, 5) is 12.5. The molecule has 0 spiro atoms. The van der Waals surface area contributed by atoms with E-state index in [2.05, 4.69) is 16.7 Å². The fraction of sp³-hybridized carbons (Fsp3) is 0.529. The molecule has 1 fully saturated rings. The highest BCUT2D eigenvalue weighted by Gasteiger charge is 2.40. The SMILES string of the molecule is CC(C)(CNC(=O)C1(C#N)CCCNC1)c1ccc(Cl)c(Cl)c1. The van der Waals surface area contributed by atoms with Gasteiger partial charge >= 0.3 is 0 Å². The molecule has 0 saturated carbocycles. The van der Waals surface area contributed by atoms with Crippen LogP contribution in [0.4, 0.5) is 0 Å². The first-order valence-electron chi connectivity index (χ1n) is 7.67. The van der Waals surface area contributed by atoms with Crippen molar-refractivity contribution in [3.63, 3.8) is 0 Å². The molecule has 1 aliphatic rings. The highest BCUT2D eigenvalue weighted by Crippen LogP contribution is 2.30. The highest BCUT2D eigenvalue weighted by molar-refractivity contribution is 6.42. The molecule has 23 heavy (non-hydrogen) atoms. The van der Waals surface area contributed by atoms with Crippen LogP contribution in [0.15, 0.2) is 18.2 Å². The summed E-state index contributed by atoms with van der Waals surface area (Å²) >= 11 is 12.0. The predicted octanol–water partition coefficient (Wildman–Crippen LogP) is 3.28. The largest absolute Gasteiger partial charge is 0.354 e. The zero-order chi connectivity index (χ0) is 17.1. The minimum Gasteiger partial charge on any atom is -0.354 e. The van der Waals surface area contributed by atoms with Crippen LogP contribution < -0.4 is 10.6 Å². The van der Waals surface area contributed by atoms with Gasteiger partial charge in [-0.1, -0.05) is 43.1 Å². The quantitative estimate of drug-likeness (QED) is 0.872. The second-order valence-corrected chi connectivity index (χ2v) is 7.48. The maximum Gasteiger partial charge on any atom is 0.241 e. The van der Waals surface area contributed by atoms with Crippen molar-refractivity contribution in [1.29, 1.82) is 5.26 Å². The van der Waals surface area contributed by atoms with Crippen molar-refractivity contribution in [1.82, 2.24) is 10.6 Å². The van der Waals surface area contributed by atoms with Gasteiger partial charge in [-0.05, 0) is 37.1 Å². The van der Waals surface area contributed by atoms with Crippen LogP contribution in [0.2, 0.25) is 10.0 Å². The maximum absolute atomic E-state index is 12.5. The fourth-order valence-electron chi connectivity index (χ4n) is 2.73. The number of hydrogen-bond donors (Lipinski definition) is 2. The van der Waals surface area contributed by atoms with Gasteiger partial charge in [0.1, 0.15) is 5.41 Å². The van der Waals surface area contributed by atoms with Crippen LogP contribution in [0.3, 0.4) is 0 Å². The Morgan fingerprint density at radius 3 is 2.74 bits per heavy atom. The van der Waals surface area contributed by atoms with E-state index in [1.165, 1.54) is 0 Å². The lowest BCUT2D eigenvalue weighted by molar-refractivity contribution is -0.129. The first kappa shape index (κ1) is 18.1. The number of carbonyl (C=O) groups is 1. The van der Waals surface area contributed by atoms with Gasteiger partial charge in [-0.25, -0.2) is 0 Å². The second kappa shape index (κ2) is 7.09. The van der Waals surface area contributed by atoms with Gasteiger partial charge in [0.2, 0.25) is 5.91 Å². The number of benzene rings is 1. The molecule has 2 N–H and O–H groups in total. The number of hydrogen-bond acceptors (Lipinski definition) is 3. The molecule has 1 aromatic carbocycles. The number of nitrogens with one attached hydrogen (secondary N) is 2. The van der Waals surface area contributed by atoms with E-state index < -0.39 is 5.41 Å². The van der Waals surface area contributed by atoms with Gasteiger partial charge in [0, 0.05) is 18.5 Å². The van der Waals surface area contributed by atoms with Gasteiger partial charge in [-0.2, -0.15) is 5.26 Å². The summed E-state index contributed by atoms with van der Waals surface area (Å²) in [5, 5.41) is 16.5. The van der Waals surface area contributed by atoms with Gasteiger partial charge in [0.05, 0.1) is 16.1 Å². The van der Waals surface area contributed by atoms with E-state index in [-0.39, 0.29) is 11.3 Å². The Morgan fingerprint density at radius 1 is 1.43 bits per heavy atom. The van der Waals surface area contributed by atoms with E-state index in [0.717, 1.165) is 18.5 Å². The number of nitrogens with zero attached hydrogens (tertiary/aromatic N) is 1. The van der Waals surface area contributed by atoms with Gasteiger partial charge < -0.3 is 10.6 Å². The number of carbonyl (C=O) groups excluding carboxylic acids is 1. The van der Waals surface area contributed by atoms with Crippen LogP contribution in [0, 0.1) is 16.7 Å². The topological polar surface area (TPSA) is 64.9 Å². The van der Waals surface area contributed by atoms with Gasteiger partial charge in [-0.15, -0.1) is 0 Å². The Morgan fingerprint density at radius 2 is 2.17 bits per heavy atom. The highest BCUT2D eigenvalue weighted by atomic mass is 35.5. The van der Waals surface area contributed by atoms with E-state index in [0.29, 0.717) is 29.6 Å². The summed E-state index contributed by atoms with van der Waals surface area (Å²) < 4.78 is 0. The smallest absolute Gasteiger partial charge is 0.241 e. The summed E-state index contributed by atoms with van der Waals surface area (Å²) in [7, 11) is 0. The molecule has 0 aliphatic carbocycles. The van der Waals surface area contributed by atoms with Crippen molar-refractivity contribution in [2.45, 2.75) is 32.1 Å². The Balaban J connectivity index is 2.07. The van der Waals surface area contributed by atoms with E-state index in [4.69, 9.17) is 23.2 Å². The third kappa shape index (κ3) is 3.98. The zero-order valence-electron chi connectivity index (χ0n) is 13.4. The van der Waals surface area contributed by atoms with Crippen LogP contribution in [-0.2, 0) is 10.2 Å². The van der Waals surface area contributed by atoms with Gasteiger partial charge in [0.25, 0.3) is 0 Å². The molecule has 1 heterocycles. The molecule has 0 aromatic heterocycles.